The molecule has 0 N–H and O–H groups in total. The van der Waals surface area contributed by atoms with Crippen LogP contribution in [-0.2, 0) is 9.47 Å². The minimum Gasteiger partial charge on any atom is -0.456 e. The van der Waals surface area contributed by atoms with Gasteiger partial charge in [-0.2, -0.15) is 0 Å². The monoisotopic (exact) mass is 208 g/mol. The fourth-order valence-corrected chi connectivity index (χ4v) is 1.28. The fraction of sp³-hybridized carbons (Fsp3) is 0.538. The topological polar surface area (TPSA) is 18.5 Å². The minimum absolute atomic E-state index is 0.211. The zero-order valence-electron chi connectivity index (χ0n) is 10.0. The molecule has 0 spiro atoms. The van der Waals surface area contributed by atoms with Gasteiger partial charge in [0.15, 0.2) is 0 Å². The molecule has 0 amide bonds. The van der Waals surface area contributed by atoms with E-state index in [1.807, 2.05) is 6.08 Å². The molecular formula is C13H20O2. The van der Waals surface area contributed by atoms with Crippen molar-refractivity contribution >= 4 is 0 Å². The van der Waals surface area contributed by atoms with Gasteiger partial charge in [0.2, 0.25) is 0 Å². The van der Waals surface area contributed by atoms with Gasteiger partial charge in [0, 0.05) is 0 Å². The van der Waals surface area contributed by atoms with E-state index in [9.17, 15) is 0 Å². The molecule has 0 atom stereocenters. The third-order valence-corrected chi connectivity index (χ3v) is 2.65. The maximum Gasteiger partial charge on any atom is 0.259 e. The van der Waals surface area contributed by atoms with Gasteiger partial charge in [-0.15, -0.1) is 0 Å². The van der Waals surface area contributed by atoms with Crippen LogP contribution < -0.4 is 0 Å². The van der Waals surface area contributed by atoms with Crippen LogP contribution in [0, 0.1) is 0 Å². The fourth-order valence-electron chi connectivity index (χ4n) is 1.28. The molecule has 0 saturated carbocycles. The zero-order chi connectivity index (χ0) is 11.3. The molecule has 0 fully saturated rings. The molecule has 0 saturated heterocycles. The molecule has 0 aromatic carbocycles. The Morgan fingerprint density at radius 2 is 1.67 bits per heavy atom. The van der Waals surface area contributed by atoms with Crippen LogP contribution in [0.25, 0.3) is 0 Å². The summed E-state index contributed by atoms with van der Waals surface area (Å²) in [6.45, 7) is 8.61. The molecule has 2 heteroatoms. The largest absolute Gasteiger partial charge is 0.456 e. The van der Waals surface area contributed by atoms with Crippen LogP contribution in [0.4, 0.5) is 0 Å². The minimum atomic E-state index is -0.211. The molecule has 2 nitrogen and oxygen atoms in total. The van der Waals surface area contributed by atoms with Gasteiger partial charge in [-0.1, -0.05) is 16.7 Å². The number of hydrogen-bond donors (Lipinski definition) is 0. The summed E-state index contributed by atoms with van der Waals surface area (Å²) in [6, 6.07) is 0. The first-order chi connectivity index (χ1) is 7.09. The second-order valence-electron chi connectivity index (χ2n) is 4.21. The highest BCUT2D eigenvalue weighted by Crippen LogP contribution is 2.16. The SMILES string of the molecule is CC(C)=C(C)CC/C(C)=C\C1OC=CO1. The first-order valence-electron chi connectivity index (χ1n) is 5.36. The first-order valence-corrected chi connectivity index (χ1v) is 5.36. The summed E-state index contributed by atoms with van der Waals surface area (Å²) in [5.74, 6) is 0. The third-order valence-electron chi connectivity index (χ3n) is 2.65. The van der Waals surface area contributed by atoms with Gasteiger partial charge in [0.1, 0.15) is 12.5 Å². The summed E-state index contributed by atoms with van der Waals surface area (Å²) < 4.78 is 10.4. The van der Waals surface area contributed by atoms with Crippen molar-refractivity contribution in [3.8, 4) is 0 Å². The molecule has 1 aliphatic heterocycles. The van der Waals surface area contributed by atoms with Crippen molar-refractivity contribution in [2.24, 2.45) is 0 Å². The first kappa shape index (κ1) is 11.9. The molecule has 0 aromatic rings. The van der Waals surface area contributed by atoms with Crippen LogP contribution in [0.15, 0.2) is 35.3 Å². The van der Waals surface area contributed by atoms with E-state index in [-0.39, 0.29) is 6.29 Å². The predicted octanol–water partition coefficient (Wildman–Crippen LogP) is 3.91. The number of rotatable bonds is 4. The Morgan fingerprint density at radius 1 is 1.07 bits per heavy atom. The van der Waals surface area contributed by atoms with E-state index in [0.717, 1.165) is 12.8 Å². The molecule has 0 aromatic heterocycles. The number of hydrogen-bond acceptors (Lipinski definition) is 2. The molecule has 0 unspecified atom stereocenters. The van der Waals surface area contributed by atoms with Gasteiger partial charge in [-0.3, -0.25) is 0 Å². The van der Waals surface area contributed by atoms with Crippen LogP contribution in [0.2, 0.25) is 0 Å². The molecule has 15 heavy (non-hydrogen) atoms. The van der Waals surface area contributed by atoms with Crippen LogP contribution in [0.1, 0.15) is 40.5 Å². The van der Waals surface area contributed by atoms with E-state index in [4.69, 9.17) is 9.47 Å². The smallest absolute Gasteiger partial charge is 0.259 e. The average Bonchev–Trinajstić information content (AvgIpc) is 2.66. The van der Waals surface area contributed by atoms with Crippen LogP contribution in [0.5, 0.6) is 0 Å². The normalized spacial score (nSPS) is 16.1. The summed E-state index contributed by atoms with van der Waals surface area (Å²) in [5, 5.41) is 0. The summed E-state index contributed by atoms with van der Waals surface area (Å²) in [4.78, 5) is 0. The molecular weight excluding hydrogens is 188 g/mol. The zero-order valence-corrected chi connectivity index (χ0v) is 10.0. The quantitative estimate of drug-likeness (QED) is 0.652. The van der Waals surface area contributed by atoms with Crippen molar-refractivity contribution in [1.82, 2.24) is 0 Å². The van der Waals surface area contributed by atoms with Crippen molar-refractivity contribution in [3.05, 3.63) is 35.3 Å². The average molecular weight is 208 g/mol. The van der Waals surface area contributed by atoms with E-state index >= 15 is 0 Å². The lowest BCUT2D eigenvalue weighted by atomic mass is 10.0. The Balaban J connectivity index is 2.35. The summed E-state index contributed by atoms with van der Waals surface area (Å²) in [6.07, 6.45) is 7.16. The molecule has 1 heterocycles. The molecule has 1 aliphatic rings. The van der Waals surface area contributed by atoms with Crippen LogP contribution in [0.3, 0.4) is 0 Å². The van der Waals surface area contributed by atoms with Gasteiger partial charge in [-0.05, 0) is 46.6 Å². The Kier molecular flexibility index (Phi) is 4.47. The predicted molar refractivity (Wildman–Crippen MR) is 62.1 cm³/mol. The van der Waals surface area contributed by atoms with Crippen LogP contribution in [-0.4, -0.2) is 6.29 Å². The summed E-state index contributed by atoms with van der Waals surface area (Å²) in [5.41, 5.74) is 4.19. The van der Waals surface area contributed by atoms with Gasteiger partial charge in [0.05, 0.1) is 0 Å². The lowest BCUT2D eigenvalue weighted by Gasteiger charge is -2.08. The highest BCUT2D eigenvalue weighted by Gasteiger charge is 2.08. The van der Waals surface area contributed by atoms with Crippen molar-refractivity contribution in [2.45, 2.75) is 46.8 Å². The molecule has 0 radical (unpaired) electrons. The molecule has 1 rings (SSSR count). The Bertz CT molecular complexity index is 286. The van der Waals surface area contributed by atoms with E-state index in [0.29, 0.717) is 0 Å². The third kappa shape index (κ3) is 4.24. The highest BCUT2D eigenvalue weighted by molar-refractivity contribution is 5.10. The van der Waals surface area contributed by atoms with Gasteiger partial charge >= 0.3 is 0 Å². The second-order valence-corrected chi connectivity index (χ2v) is 4.21. The van der Waals surface area contributed by atoms with Crippen molar-refractivity contribution in [3.63, 3.8) is 0 Å². The lowest BCUT2D eigenvalue weighted by molar-refractivity contribution is 0.0184. The Hall–Kier alpha value is -1.18. The van der Waals surface area contributed by atoms with Gasteiger partial charge < -0.3 is 9.47 Å². The Morgan fingerprint density at radius 3 is 2.20 bits per heavy atom. The lowest BCUT2D eigenvalue weighted by Crippen LogP contribution is -2.03. The van der Waals surface area contributed by atoms with Crippen molar-refractivity contribution in [2.75, 3.05) is 0 Å². The number of ether oxygens (including phenoxy) is 2. The maximum absolute atomic E-state index is 5.19. The van der Waals surface area contributed by atoms with Gasteiger partial charge in [0.25, 0.3) is 6.29 Å². The van der Waals surface area contributed by atoms with E-state index < -0.39 is 0 Å². The Labute approximate surface area is 92.3 Å². The molecule has 84 valence electrons. The summed E-state index contributed by atoms with van der Waals surface area (Å²) in [7, 11) is 0. The van der Waals surface area contributed by atoms with Crippen LogP contribution >= 0.6 is 0 Å². The molecule has 0 bridgehead atoms. The van der Waals surface area contributed by atoms with Gasteiger partial charge in [-0.25, -0.2) is 0 Å². The second kappa shape index (κ2) is 5.64. The van der Waals surface area contributed by atoms with Crippen molar-refractivity contribution in [1.29, 1.82) is 0 Å². The standard InChI is InChI=1S/C13H20O2/c1-10(2)12(4)6-5-11(3)9-13-14-7-8-15-13/h7-9,13H,5-6H2,1-4H3/b11-9-. The highest BCUT2D eigenvalue weighted by atomic mass is 16.7. The number of allylic oxidation sites excluding steroid dienone is 3. The van der Waals surface area contributed by atoms with E-state index in [1.165, 1.54) is 16.7 Å². The van der Waals surface area contributed by atoms with E-state index in [2.05, 4.69) is 27.7 Å². The van der Waals surface area contributed by atoms with Crippen molar-refractivity contribution < 1.29 is 9.47 Å². The van der Waals surface area contributed by atoms with E-state index in [1.54, 1.807) is 12.5 Å². The maximum atomic E-state index is 5.19. The molecule has 0 aliphatic carbocycles. The summed E-state index contributed by atoms with van der Waals surface area (Å²) >= 11 is 0.